The molecule has 2 aromatic rings. The van der Waals surface area contributed by atoms with E-state index >= 15 is 0 Å². The van der Waals surface area contributed by atoms with Crippen LogP contribution >= 0.6 is 23.2 Å². The molecule has 1 fully saturated rings. The van der Waals surface area contributed by atoms with Gasteiger partial charge in [-0.25, -0.2) is 0 Å². The van der Waals surface area contributed by atoms with Gasteiger partial charge < -0.3 is 14.6 Å². The molecule has 0 aromatic carbocycles. The Bertz CT molecular complexity index is 684. The summed E-state index contributed by atoms with van der Waals surface area (Å²) in [7, 11) is 1.67. The van der Waals surface area contributed by atoms with Gasteiger partial charge in [-0.3, -0.25) is 4.79 Å². The van der Waals surface area contributed by atoms with Crippen LogP contribution < -0.4 is 0 Å². The number of hydrogen-bond donors (Lipinski definition) is 2. The van der Waals surface area contributed by atoms with E-state index in [-0.39, 0.29) is 12.5 Å². The highest BCUT2D eigenvalue weighted by Crippen LogP contribution is 2.32. The lowest BCUT2D eigenvalue weighted by molar-refractivity contribution is 0.0379. The molecule has 1 unspecified atom stereocenters. The van der Waals surface area contributed by atoms with E-state index in [1.807, 2.05) is 0 Å². The SMILES string of the molecule is Cn1c(C(=O)N2CCC(O)(c3cn[nH]n3)C2)cc(Cl)c1Cl. The summed E-state index contributed by atoms with van der Waals surface area (Å²) in [6.45, 7) is 0.571. The Morgan fingerprint density at radius 3 is 2.86 bits per heavy atom. The maximum absolute atomic E-state index is 12.5. The third kappa shape index (κ3) is 2.31. The first kappa shape index (κ1) is 14.4. The molecule has 1 aliphatic heterocycles. The molecule has 7 nitrogen and oxygen atoms in total. The van der Waals surface area contributed by atoms with Crippen LogP contribution in [0.1, 0.15) is 22.6 Å². The zero-order valence-corrected chi connectivity index (χ0v) is 12.7. The first-order valence-corrected chi connectivity index (χ1v) is 7.06. The van der Waals surface area contributed by atoms with Crippen LogP contribution in [0.25, 0.3) is 0 Å². The number of rotatable bonds is 2. The van der Waals surface area contributed by atoms with Crippen molar-refractivity contribution in [2.75, 3.05) is 13.1 Å². The summed E-state index contributed by atoms with van der Waals surface area (Å²) < 4.78 is 1.53. The zero-order chi connectivity index (χ0) is 15.2. The molecule has 0 aliphatic carbocycles. The van der Waals surface area contributed by atoms with E-state index in [2.05, 4.69) is 15.4 Å². The molecule has 1 atom stereocenters. The lowest BCUT2D eigenvalue weighted by Crippen LogP contribution is -2.35. The van der Waals surface area contributed by atoms with Crippen LogP contribution in [-0.2, 0) is 12.6 Å². The Labute approximate surface area is 130 Å². The number of aliphatic hydroxyl groups is 1. The molecule has 0 spiro atoms. The van der Waals surface area contributed by atoms with Gasteiger partial charge in [-0.15, -0.1) is 0 Å². The van der Waals surface area contributed by atoms with Crippen molar-refractivity contribution in [3.05, 3.63) is 33.8 Å². The lowest BCUT2D eigenvalue weighted by atomic mass is 10.00. The molecule has 2 N–H and O–H groups in total. The summed E-state index contributed by atoms with van der Waals surface area (Å²) in [5.41, 5.74) is -0.364. The minimum atomic E-state index is -1.18. The third-order valence-corrected chi connectivity index (χ3v) is 4.60. The number of carbonyl (C=O) groups excluding carboxylic acids is 1. The number of halogens is 2. The highest BCUT2D eigenvalue weighted by Gasteiger charge is 2.42. The van der Waals surface area contributed by atoms with Crippen molar-refractivity contribution in [3.63, 3.8) is 0 Å². The summed E-state index contributed by atoms with van der Waals surface area (Å²) >= 11 is 11.9. The highest BCUT2D eigenvalue weighted by molar-refractivity contribution is 6.41. The van der Waals surface area contributed by atoms with E-state index in [0.717, 1.165) is 0 Å². The average molecular weight is 330 g/mol. The topological polar surface area (TPSA) is 87.0 Å². The van der Waals surface area contributed by atoms with Gasteiger partial charge in [0.05, 0.1) is 17.8 Å². The highest BCUT2D eigenvalue weighted by atomic mass is 35.5. The van der Waals surface area contributed by atoms with Crippen LogP contribution in [0.3, 0.4) is 0 Å². The Hall–Kier alpha value is -1.57. The molecular formula is C12H13Cl2N5O2. The molecule has 2 aromatic heterocycles. The first-order valence-electron chi connectivity index (χ1n) is 6.31. The number of likely N-dealkylation sites (tertiary alicyclic amines) is 1. The number of hydrogen-bond acceptors (Lipinski definition) is 4. The zero-order valence-electron chi connectivity index (χ0n) is 11.2. The van der Waals surface area contributed by atoms with Crippen LogP contribution in [0.15, 0.2) is 12.3 Å². The fourth-order valence-electron chi connectivity index (χ4n) is 2.51. The van der Waals surface area contributed by atoms with E-state index in [0.29, 0.717) is 34.5 Å². The molecule has 0 radical (unpaired) electrons. The molecule has 9 heteroatoms. The van der Waals surface area contributed by atoms with Gasteiger partial charge in [0.1, 0.15) is 22.1 Å². The summed E-state index contributed by atoms with van der Waals surface area (Å²) in [4.78, 5) is 14.1. The normalized spacial score (nSPS) is 22.0. The summed E-state index contributed by atoms with van der Waals surface area (Å²) in [5.74, 6) is -0.231. The van der Waals surface area contributed by atoms with E-state index < -0.39 is 5.60 Å². The second-order valence-corrected chi connectivity index (χ2v) is 5.86. The van der Waals surface area contributed by atoms with E-state index in [9.17, 15) is 9.90 Å². The summed E-state index contributed by atoms with van der Waals surface area (Å²) in [5, 5.41) is 21.3. The first-order chi connectivity index (χ1) is 9.92. The van der Waals surface area contributed by atoms with Crippen LogP contribution in [-0.4, -0.2) is 49.0 Å². The number of H-pyrrole nitrogens is 1. The number of nitrogens with one attached hydrogen (secondary N) is 1. The van der Waals surface area contributed by atoms with Gasteiger partial charge in [0.25, 0.3) is 5.91 Å². The minimum Gasteiger partial charge on any atom is -0.381 e. The third-order valence-electron chi connectivity index (χ3n) is 3.76. The number of β-amino-alcohol motifs (C(OH)–C–C–N with tert-alkyl or cyclic N) is 1. The second-order valence-electron chi connectivity index (χ2n) is 5.09. The second kappa shape index (κ2) is 5.01. The van der Waals surface area contributed by atoms with Crippen molar-refractivity contribution in [3.8, 4) is 0 Å². The molecule has 112 valence electrons. The van der Waals surface area contributed by atoms with Crippen molar-refractivity contribution in [1.82, 2.24) is 24.9 Å². The maximum atomic E-state index is 12.5. The van der Waals surface area contributed by atoms with Gasteiger partial charge in [0, 0.05) is 20.0 Å². The van der Waals surface area contributed by atoms with Gasteiger partial charge in [-0.05, 0) is 6.07 Å². The van der Waals surface area contributed by atoms with Crippen LogP contribution in [0, 0.1) is 0 Å². The van der Waals surface area contributed by atoms with E-state index in [1.54, 1.807) is 11.9 Å². The maximum Gasteiger partial charge on any atom is 0.270 e. The van der Waals surface area contributed by atoms with Crippen molar-refractivity contribution in [2.45, 2.75) is 12.0 Å². The quantitative estimate of drug-likeness (QED) is 0.866. The Kier molecular flexibility index (Phi) is 3.43. The molecule has 1 saturated heterocycles. The Morgan fingerprint density at radius 2 is 2.29 bits per heavy atom. The predicted octanol–water partition coefficient (Wildman–Crippen LogP) is 1.18. The standard InChI is InChI=1S/C12H13Cl2N5O2/c1-18-8(4-7(13)10(18)14)11(20)19-3-2-12(21,6-19)9-5-15-17-16-9/h4-5,21H,2-3,6H2,1H3,(H,15,16,17). The fraction of sp³-hybridized carbons (Fsp3) is 0.417. The predicted molar refractivity (Wildman–Crippen MR) is 76.2 cm³/mol. The number of nitrogens with zero attached hydrogens (tertiary/aromatic N) is 4. The molecule has 3 heterocycles. The minimum absolute atomic E-state index is 0.152. The van der Waals surface area contributed by atoms with E-state index in [4.69, 9.17) is 23.2 Å². The van der Waals surface area contributed by atoms with Gasteiger partial charge in [-0.2, -0.15) is 15.4 Å². The average Bonchev–Trinajstić information content (AvgIpc) is 3.16. The number of carbonyl (C=O) groups is 1. The fourth-order valence-corrected chi connectivity index (χ4v) is 2.89. The Balaban J connectivity index is 1.83. The van der Waals surface area contributed by atoms with Crippen molar-refractivity contribution in [1.29, 1.82) is 0 Å². The van der Waals surface area contributed by atoms with Crippen LogP contribution in [0.5, 0.6) is 0 Å². The van der Waals surface area contributed by atoms with Crippen molar-refractivity contribution in [2.24, 2.45) is 7.05 Å². The van der Waals surface area contributed by atoms with Crippen LogP contribution in [0.2, 0.25) is 10.2 Å². The number of aromatic nitrogens is 4. The number of amides is 1. The van der Waals surface area contributed by atoms with Crippen molar-refractivity contribution < 1.29 is 9.90 Å². The van der Waals surface area contributed by atoms with Crippen LogP contribution in [0.4, 0.5) is 0 Å². The lowest BCUT2D eigenvalue weighted by Gasteiger charge is -2.21. The molecule has 0 bridgehead atoms. The molecule has 21 heavy (non-hydrogen) atoms. The van der Waals surface area contributed by atoms with Crippen molar-refractivity contribution >= 4 is 29.1 Å². The molecular weight excluding hydrogens is 317 g/mol. The number of aromatic amines is 1. The summed E-state index contributed by atoms with van der Waals surface area (Å²) in [6.07, 6.45) is 1.86. The summed E-state index contributed by atoms with van der Waals surface area (Å²) in [6, 6.07) is 1.53. The molecule has 0 saturated carbocycles. The largest absolute Gasteiger partial charge is 0.381 e. The van der Waals surface area contributed by atoms with Gasteiger partial charge in [-0.1, -0.05) is 23.2 Å². The smallest absolute Gasteiger partial charge is 0.270 e. The van der Waals surface area contributed by atoms with Gasteiger partial charge in [0.2, 0.25) is 0 Å². The molecule has 1 amide bonds. The van der Waals surface area contributed by atoms with E-state index in [1.165, 1.54) is 16.8 Å². The molecule has 3 rings (SSSR count). The Morgan fingerprint density at radius 1 is 1.52 bits per heavy atom. The molecule has 1 aliphatic rings. The van der Waals surface area contributed by atoms with Gasteiger partial charge >= 0.3 is 0 Å². The van der Waals surface area contributed by atoms with Gasteiger partial charge in [0.15, 0.2) is 0 Å². The monoisotopic (exact) mass is 329 g/mol.